The maximum Gasteiger partial charge on any atom is 0.276 e. The van der Waals surface area contributed by atoms with Gasteiger partial charge in [-0.15, -0.1) is 0 Å². The minimum absolute atomic E-state index is 0.0601. The summed E-state index contributed by atoms with van der Waals surface area (Å²) in [5, 5.41) is 2.76. The zero-order chi connectivity index (χ0) is 18.8. The number of benzene rings is 1. The normalized spacial score (nSPS) is 18.3. The fourth-order valence-electron chi connectivity index (χ4n) is 3.10. The van der Waals surface area contributed by atoms with E-state index in [1.54, 1.807) is 18.2 Å². The van der Waals surface area contributed by atoms with Gasteiger partial charge in [0.2, 0.25) is 18.6 Å². The monoisotopic (exact) mass is 373 g/mol. The van der Waals surface area contributed by atoms with Crippen molar-refractivity contribution >= 4 is 11.8 Å². The molecule has 2 aliphatic rings. The second-order valence-electron chi connectivity index (χ2n) is 6.14. The third kappa shape index (κ3) is 3.40. The Labute approximate surface area is 155 Å². The van der Waals surface area contributed by atoms with Crippen molar-refractivity contribution in [3.8, 4) is 17.2 Å². The Morgan fingerprint density at radius 2 is 2.22 bits per heavy atom. The van der Waals surface area contributed by atoms with Crippen LogP contribution in [0.15, 0.2) is 28.9 Å². The van der Waals surface area contributed by atoms with Crippen LogP contribution in [0.25, 0.3) is 0 Å². The highest BCUT2D eigenvalue weighted by atomic mass is 16.7. The molecule has 4 rings (SSSR count). The number of aromatic nitrogens is 1. The smallest absolute Gasteiger partial charge is 0.276 e. The van der Waals surface area contributed by atoms with Crippen LogP contribution in [0.1, 0.15) is 29.7 Å². The van der Waals surface area contributed by atoms with Gasteiger partial charge in [0, 0.05) is 19.2 Å². The van der Waals surface area contributed by atoms with Crippen molar-refractivity contribution < 1.29 is 28.2 Å². The molecule has 142 valence electrons. The zero-order valence-corrected chi connectivity index (χ0v) is 14.8. The van der Waals surface area contributed by atoms with Gasteiger partial charge in [-0.3, -0.25) is 9.59 Å². The molecule has 1 aromatic carbocycles. The summed E-state index contributed by atoms with van der Waals surface area (Å²) < 4.78 is 21.5. The highest BCUT2D eigenvalue weighted by Crippen LogP contribution is 2.35. The standard InChI is InChI=1S/C18H19N3O6/c1-2-13-17(22)19-5-6-21(13)18(23)12-8-25-16(20-12)9-24-11-3-4-14-15(7-11)27-10-26-14/h3-4,7-8,13H,2,5-6,9-10H2,1H3,(H,19,22)/t13-/m1/s1. The molecule has 0 bridgehead atoms. The number of carbonyl (C=O) groups excluding carboxylic acids is 2. The Hall–Kier alpha value is -3.23. The van der Waals surface area contributed by atoms with Crippen LogP contribution in [0, 0.1) is 0 Å². The van der Waals surface area contributed by atoms with Gasteiger partial charge in [-0.25, -0.2) is 4.98 Å². The third-order valence-electron chi connectivity index (χ3n) is 4.46. The van der Waals surface area contributed by atoms with E-state index in [2.05, 4.69) is 10.3 Å². The van der Waals surface area contributed by atoms with Gasteiger partial charge in [0.1, 0.15) is 18.1 Å². The zero-order valence-electron chi connectivity index (χ0n) is 14.8. The van der Waals surface area contributed by atoms with Crippen molar-refractivity contribution in [2.45, 2.75) is 26.0 Å². The number of fused-ring (bicyclic) bond motifs is 1. The number of nitrogens with zero attached hydrogens (tertiary/aromatic N) is 2. The molecule has 2 aliphatic heterocycles. The number of piperazine rings is 1. The first kappa shape index (κ1) is 17.2. The number of nitrogens with one attached hydrogen (secondary N) is 1. The molecule has 1 saturated heterocycles. The van der Waals surface area contributed by atoms with Crippen LogP contribution in [0.5, 0.6) is 17.2 Å². The Kier molecular flexibility index (Phi) is 4.57. The molecule has 0 saturated carbocycles. The molecular weight excluding hydrogens is 354 g/mol. The molecule has 0 radical (unpaired) electrons. The summed E-state index contributed by atoms with van der Waals surface area (Å²) in [6.45, 7) is 2.99. The highest BCUT2D eigenvalue weighted by Gasteiger charge is 2.33. The largest absolute Gasteiger partial charge is 0.484 e. The lowest BCUT2D eigenvalue weighted by Gasteiger charge is -2.33. The lowest BCUT2D eigenvalue weighted by atomic mass is 10.1. The van der Waals surface area contributed by atoms with Crippen LogP contribution in [-0.4, -0.2) is 47.6 Å². The molecule has 9 nitrogen and oxygen atoms in total. The Balaban J connectivity index is 1.41. The van der Waals surface area contributed by atoms with E-state index in [4.69, 9.17) is 18.6 Å². The lowest BCUT2D eigenvalue weighted by Crippen LogP contribution is -2.56. The SMILES string of the molecule is CC[C@@H]1C(=O)NCCN1C(=O)c1coc(COc2ccc3c(c2)OCO3)n1. The van der Waals surface area contributed by atoms with Gasteiger partial charge in [-0.2, -0.15) is 0 Å². The maximum absolute atomic E-state index is 12.7. The Bertz CT molecular complexity index is 865. The summed E-state index contributed by atoms with van der Waals surface area (Å²) >= 11 is 0. The quantitative estimate of drug-likeness (QED) is 0.843. The van der Waals surface area contributed by atoms with Crippen LogP contribution < -0.4 is 19.5 Å². The van der Waals surface area contributed by atoms with Crippen LogP contribution in [0.2, 0.25) is 0 Å². The first-order chi connectivity index (χ1) is 13.2. The number of carbonyl (C=O) groups is 2. The molecule has 1 N–H and O–H groups in total. The van der Waals surface area contributed by atoms with E-state index < -0.39 is 6.04 Å². The number of ether oxygens (including phenoxy) is 3. The van der Waals surface area contributed by atoms with Gasteiger partial charge in [0.15, 0.2) is 23.8 Å². The van der Waals surface area contributed by atoms with Crippen LogP contribution in [0.3, 0.4) is 0 Å². The Morgan fingerprint density at radius 1 is 1.37 bits per heavy atom. The van der Waals surface area contributed by atoms with Crippen molar-refractivity contribution in [1.82, 2.24) is 15.2 Å². The fourth-order valence-corrected chi connectivity index (χ4v) is 3.10. The van der Waals surface area contributed by atoms with E-state index in [-0.39, 0.29) is 36.8 Å². The molecule has 2 amide bonds. The number of hydrogen-bond acceptors (Lipinski definition) is 7. The minimum atomic E-state index is -0.490. The summed E-state index contributed by atoms with van der Waals surface area (Å²) in [5.41, 5.74) is 0.160. The lowest BCUT2D eigenvalue weighted by molar-refractivity contribution is -0.127. The molecule has 2 aromatic rings. The molecule has 1 aromatic heterocycles. The van der Waals surface area contributed by atoms with Gasteiger partial charge in [-0.1, -0.05) is 6.92 Å². The van der Waals surface area contributed by atoms with Gasteiger partial charge < -0.3 is 28.8 Å². The van der Waals surface area contributed by atoms with Gasteiger partial charge >= 0.3 is 0 Å². The summed E-state index contributed by atoms with van der Waals surface area (Å²) in [4.78, 5) is 30.3. The van der Waals surface area contributed by atoms with Crippen LogP contribution >= 0.6 is 0 Å². The van der Waals surface area contributed by atoms with Crippen molar-refractivity contribution in [3.63, 3.8) is 0 Å². The molecule has 1 fully saturated rings. The second kappa shape index (κ2) is 7.18. The van der Waals surface area contributed by atoms with Crippen molar-refractivity contribution in [1.29, 1.82) is 0 Å². The molecular formula is C18H19N3O6. The summed E-state index contributed by atoms with van der Waals surface area (Å²) in [5.74, 6) is 1.66. The molecule has 27 heavy (non-hydrogen) atoms. The molecule has 1 atom stereocenters. The molecule has 0 unspecified atom stereocenters. The van der Waals surface area contributed by atoms with E-state index in [0.717, 1.165) is 0 Å². The van der Waals surface area contributed by atoms with Crippen LogP contribution in [0.4, 0.5) is 0 Å². The predicted molar refractivity (Wildman–Crippen MR) is 91.5 cm³/mol. The molecule has 0 aliphatic carbocycles. The molecule has 3 heterocycles. The van der Waals surface area contributed by atoms with E-state index in [9.17, 15) is 9.59 Å². The summed E-state index contributed by atoms with van der Waals surface area (Å²) in [7, 11) is 0. The van der Waals surface area contributed by atoms with Crippen molar-refractivity contribution in [3.05, 3.63) is 36.0 Å². The second-order valence-corrected chi connectivity index (χ2v) is 6.14. The third-order valence-corrected chi connectivity index (χ3v) is 4.46. The maximum atomic E-state index is 12.7. The fraction of sp³-hybridized carbons (Fsp3) is 0.389. The first-order valence-corrected chi connectivity index (χ1v) is 8.71. The number of oxazole rings is 1. The van der Waals surface area contributed by atoms with Crippen LogP contribution in [-0.2, 0) is 11.4 Å². The van der Waals surface area contributed by atoms with E-state index >= 15 is 0 Å². The summed E-state index contributed by atoms with van der Waals surface area (Å²) in [6, 6.07) is 4.74. The van der Waals surface area contributed by atoms with E-state index in [0.29, 0.717) is 36.8 Å². The highest BCUT2D eigenvalue weighted by molar-refractivity contribution is 5.96. The van der Waals surface area contributed by atoms with Crippen molar-refractivity contribution in [2.24, 2.45) is 0 Å². The average Bonchev–Trinajstić information content (AvgIpc) is 3.34. The average molecular weight is 373 g/mol. The predicted octanol–water partition coefficient (Wildman–Crippen LogP) is 1.33. The van der Waals surface area contributed by atoms with Gasteiger partial charge in [0.25, 0.3) is 5.91 Å². The topological polar surface area (TPSA) is 103 Å². The minimum Gasteiger partial charge on any atom is -0.484 e. The number of hydrogen-bond donors (Lipinski definition) is 1. The number of amides is 2. The van der Waals surface area contributed by atoms with E-state index in [1.165, 1.54) is 11.2 Å². The molecule has 9 heteroatoms. The van der Waals surface area contributed by atoms with Gasteiger partial charge in [-0.05, 0) is 18.6 Å². The molecule has 0 spiro atoms. The van der Waals surface area contributed by atoms with Crippen molar-refractivity contribution in [2.75, 3.05) is 19.9 Å². The first-order valence-electron chi connectivity index (χ1n) is 8.71. The Morgan fingerprint density at radius 3 is 3.07 bits per heavy atom. The van der Waals surface area contributed by atoms with E-state index in [1.807, 2.05) is 6.92 Å². The van der Waals surface area contributed by atoms with Gasteiger partial charge in [0.05, 0.1) is 0 Å². The number of rotatable bonds is 5. The summed E-state index contributed by atoms with van der Waals surface area (Å²) in [6.07, 6.45) is 1.83.